The maximum atomic E-state index is 5.13. The predicted molar refractivity (Wildman–Crippen MR) is 368 cm³/mol. The maximum absolute atomic E-state index is 5.13. The molecule has 0 saturated carbocycles. The Morgan fingerprint density at radius 2 is 0.580 bits per heavy atom. The van der Waals surface area contributed by atoms with Gasteiger partial charge in [0.25, 0.3) is 6.71 Å². The van der Waals surface area contributed by atoms with Crippen LogP contribution in [0.5, 0.6) is 0 Å². The minimum Gasteiger partial charge on any atom is -0.310 e. The average Bonchev–Trinajstić information content (AvgIpc) is 0.742. The zero-order chi connectivity index (χ0) is 58.1. The van der Waals surface area contributed by atoms with Crippen molar-refractivity contribution in [2.45, 2.75) is 0 Å². The van der Waals surface area contributed by atoms with E-state index in [1.54, 1.807) is 0 Å². The van der Waals surface area contributed by atoms with E-state index in [0.29, 0.717) is 0 Å². The van der Waals surface area contributed by atoms with E-state index >= 15 is 0 Å². The number of benzene rings is 12. The molecule has 0 amide bonds. The molecule has 2 aliphatic heterocycles. The van der Waals surface area contributed by atoms with Crippen LogP contribution < -0.4 is 26.2 Å². The van der Waals surface area contributed by atoms with Crippen LogP contribution >= 0.6 is 0 Å². The molecule has 6 heteroatoms. The second-order valence-corrected chi connectivity index (χ2v) is 22.9. The Morgan fingerprint density at radius 3 is 0.977 bits per heavy atom. The van der Waals surface area contributed by atoms with Gasteiger partial charge >= 0.3 is 0 Å². The van der Waals surface area contributed by atoms with E-state index < -0.39 is 0 Å². The number of hydrogen-bond donors (Lipinski definition) is 0. The molecule has 3 aromatic heterocycles. The molecule has 0 fully saturated rings. The molecule has 0 atom stereocenters. The zero-order valence-corrected chi connectivity index (χ0v) is 48.0. The number of fused-ring (bicyclic) bond motifs is 7. The average molecular weight is 1120 g/mol. The third kappa shape index (κ3) is 8.40. The molecule has 0 radical (unpaired) electrons. The lowest BCUT2D eigenvalue weighted by Crippen LogP contribution is -2.61. The first-order chi connectivity index (χ1) is 43.7. The fourth-order valence-corrected chi connectivity index (χ4v) is 14.0. The Kier molecular flexibility index (Phi) is 12.2. The first-order valence-electron chi connectivity index (χ1n) is 30.1. The molecule has 15 aromatic rings. The van der Waals surface area contributed by atoms with E-state index in [9.17, 15) is 0 Å². The van der Waals surface area contributed by atoms with Gasteiger partial charge in [0.15, 0.2) is 0 Å². The van der Waals surface area contributed by atoms with Gasteiger partial charge in [-0.3, -0.25) is 9.97 Å². The summed E-state index contributed by atoms with van der Waals surface area (Å²) in [6, 6.07) is 111. The molecular formula is C82H54BN5. The molecule has 410 valence electrons. The molecule has 0 saturated heterocycles. The molecule has 0 unspecified atom stereocenters. The van der Waals surface area contributed by atoms with Gasteiger partial charge in [0.2, 0.25) is 0 Å². The minimum absolute atomic E-state index is 0.250. The highest BCUT2D eigenvalue weighted by atomic mass is 15.2. The molecule has 2 aliphatic rings. The van der Waals surface area contributed by atoms with Crippen LogP contribution in [0.15, 0.2) is 328 Å². The standard InChI is InChI=1S/C82H54BN5/c1-8-24-55(25-9-1)62-40-43-75-67(46-62)66-38-22-23-39-74(66)86(75)65-49-78-80-79(50-65)88(82-70(60-34-18-6-19-35-60)53-85-54-71(82)61-36-20-7-21-37-61)77-45-42-64(57-28-12-3-13-29-57)48-73(77)83(80)72-47-63(56-26-10-2-11-27-56)41-44-76(72)87(78)81-68(58-30-14-4-15-31-58)51-84-52-69(81)59-32-16-5-17-33-59/h1-54H. The summed E-state index contributed by atoms with van der Waals surface area (Å²) in [6.07, 6.45) is 8.27. The summed E-state index contributed by atoms with van der Waals surface area (Å²) in [6.45, 7) is -0.250. The summed E-state index contributed by atoms with van der Waals surface area (Å²) < 4.78 is 2.51. The summed E-state index contributed by atoms with van der Waals surface area (Å²) in [5.41, 5.74) is 28.7. The lowest BCUT2D eigenvalue weighted by molar-refractivity contribution is 1.16. The molecule has 0 bridgehead atoms. The molecule has 5 nitrogen and oxygen atoms in total. The second kappa shape index (κ2) is 21.2. The number of nitrogens with zero attached hydrogens (tertiary/aromatic N) is 5. The Labute approximate surface area is 512 Å². The third-order valence-corrected chi connectivity index (χ3v) is 17.9. The lowest BCUT2D eigenvalue weighted by atomic mass is 9.33. The highest BCUT2D eigenvalue weighted by Gasteiger charge is 2.46. The Bertz CT molecular complexity index is 4780. The summed E-state index contributed by atoms with van der Waals surface area (Å²) >= 11 is 0. The number of pyridine rings is 2. The lowest BCUT2D eigenvalue weighted by Gasteiger charge is -2.46. The number of para-hydroxylation sites is 1. The van der Waals surface area contributed by atoms with Crippen LogP contribution in [0, 0.1) is 0 Å². The van der Waals surface area contributed by atoms with Crippen molar-refractivity contribution >= 4 is 79.0 Å². The van der Waals surface area contributed by atoms with Crippen molar-refractivity contribution in [1.82, 2.24) is 14.5 Å². The van der Waals surface area contributed by atoms with E-state index in [1.807, 2.05) is 0 Å². The van der Waals surface area contributed by atoms with E-state index in [4.69, 9.17) is 9.97 Å². The van der Waals surface area contributed by atoms with Crippen LogP contribution in [0.1, 0.15) is 0 Å². The van der Waals surface area contributed by atoms with Gasteiger partial charge in [-0.15, -0.1) is 0 Å². The van der Waals surface area contributed by atoms with Gasteiger partial charge in [0.1, 0.15) is 0 Å². The van der Waals surface area contributed by atoms with Crippen molar-refractivity contribution in [3.63, 3.8) is 0 Å². The van der Waals surface area contributed by atoms with Crippen molar-refractivity contribution in [3.8, 4) is 83.6 Å². The van der Waals surface area contributed by atoms with E-state index in [2.05, 4.69) is 342 Å². The van der Waals surface area contributed by atoms with Crippen molar-refractivity contribution < 1.29 is 0 Å². The van der Waals surface area contributed by atoms with Crippen LogP contribution in [-0.2, 0) is 0 Å². The van der Waals surface area contributed by atoms with Crippen LogP contribution in [0.2, 0.25) is 0 Å². The second-order valence-electron chi connectivity index (χ2n) is 22.9. The van der Waals surface area contributed by atoms with Crippen molar-refractivity contribution in [2.75, 3.05) is 9.80 Å². The fourth-order valence-electron chi connectivity index (χ4n) is 14.0. The van der Waals surface area contributed by atoms with Gasteiger partial charge in [0.05, 0.1) is 28.1 Å². The van der Waals surface area contributed by atoms with Gasteiger partial charge < -0.3 is 14.4 Å². The Balaban J connectivity index is 1.07. The summed E-state index contributed by atoms with van der Waals surface area (Å²) in [5.74, 6) is 0. The summed E-state index contributed by atoms with van der Waals surface area (Å²) in [5, 5.41) is 2.37. The van der Waals surface area contributed by atoms with E-state index in [1.165, 1.54) is 38.3 Å². The third-order valence-electron chi connectivity index (χ3n) is 17.9. The SMILES string of the molecule is c1ccc(-c2ccc3c(c2)B2c4cc(-c5ccccc5)ccc4N(c4c(-c5ccccc5)cncc4-c4ccccc4)c4cc(-n5c6ccccc6c6cc(-c7ccccc7)ccc65)cc(c42)N3c2c(-c3ccccc3)cncc2-c2ccccc2)cc1. The maximum Gasteiger partial charge on any atom is 0.252 e. The molecule has 12 aromatic carbocycles. The normalized spacial score (nSPS) is 12.2. The van der Waals surface area contributed by atoms with Gasteiger partial charge in [-0.25, -0.2) is 0 Å². The quantitative estimate of drug-likeness (QED) is 0.128. The zero-order valence-electron chi connectivity index (χ0n) is 48.0. The largest absolute Gasteiger partial charge is 0.310 e. The summed E-state index contributed by atoms with van der Waals surface area (Å²) in [4.78, 5) is 15.5. The molecule has 5 heterocycles. The number of hydrogen-bond acceptors (Lipinski definition) is 4. The first kappa shape index (κ1) is 50.9. The fraction of sp³-hybridized carbons (Fsp3) is 0. The number of aromatic nitrogens is 3. The van der Waals surface area contributed by atoms with Crippen molar-refractivity contribution in [2.24, 2.45) is 0 Å². The van der Waals surface area contributed by atoms with Gasteiger partial charge in [-0.2, -0.15) is 0 Å². The van der Waals surface area contributed by atoms with Crippen LogP contribution in [0.4, 0.5) is 34.1 Å². The molecule has 0 spiro atoms. The minimum atomic E-state index is -0.250. The predicted octanol–water partition coefficient (Wildman–Crippen LogP) is 19.3. The topological polar surface area (TPSA) is 37.2 Å². The summed E-state index contributed by atoms with van der Waals surface area (Å²) in [7, 11) is 0. The van der Waals surface area contributed by atoms with Gasteiger partial charge in [0, 0.05) is 80.6 Å². The number of anilines is 6. The highest BCUT2D eigenvalue weighted by molar-refractivity contribution is 7.00. The molecule has 88 heavy (non-hydrogen) atoms. The van der Waals surface area contributed by atoms with E-state index in [0.717, 1.165) is 118 Å². The van der Waals surface area contributed by atoms with Crippen LogP contribution in [0.25, 0.3) is 105 Å². The molecule has 17 rings (SSSR count). The molecular weight excluding hydrogens is 1070 g/mol. The smallest absolute Gasteiger partial charge is 0.252 e. The monoisotopic (exact) mass is 1120 g/mol. The Morgan fingerprint density at radius 1 is 0.250 bits per heavy atom. The van der Waals surface area contributed by atoms with Gasteiger partial charge in [-0.1, -0.05) is 261 Å². The molecule has 0 aliphatic carbocycles. The van der Waals surface area contributed by atoms with Crippen LogP contribution in [-0.4, -0.2) is 21.2 Å². The molecule has 0 N–H and O–H groups in total. The van der Waals surface area contributed by atoms with Crippen molar-refractivity contribution in [1.29, 1.82) is 0 Å². The Hall–Kier alpha value is -11.6. The first-order valence-corrected chi connectivity index (χ1v) is 30.1. The van der Waals surface area contributed by atoms with E-state index in [-0.39, 0.29) is 6.71 Å². The highest BCUT2D eigenvalue weighted by Crippen LogP contribution is 2.54. The van der Waals surface area contributed by atoms with Gasteiger partial charge in [-0.05, 0) is 114 Å². The number of rotatable bonds is 10. The van der Waals surface area contributed by atoms with Crippen molar-refractivity contribution in [3.05, 3.63) is 328 Å². The van der Waals surface area contributed by atoms with Crippen LogP contribution in [0.3, 0.4) is 0 Å².